The number of nitrogens with two attached hydrogens (primary N) is 1. The lowest BCUT2D eigenvalue weighted by Crippen LogP contribution is -2.37. The van der Waals surface area contributed by atoms with Gasteiger partial charge in [-0.25, -0.2) is 0 Å². The number of piperidine rings is 1. The second kappa shape index (κ2) is 7.70. The summed E-state index contributed by atoms with van der Waals surface area (Å²) >= 11 is 0. The first kappa shape index (κ1) is 16.2. The molecule has 4 N–H and O–H groups in total. The van der Waals surface area contributed by atoms with E-state index in [-0.39, 0.29) is 5.41 Å². The van der Waals surface area contributed by atoms with E-state index in [0.29, 0.717) is 18.4 Å². The first-order chi connectivity index (χ1) is 8.99. The highest BCUT2D eigenvalue weighted by molar-refractivity contribution is 5.85. The van der Waals surface area contributed by atoms with Gasteiger partial charge in [0.1, 0.15) is 5.84 Å². The molecule has 0 amide bonds. The molecule has 0 radical (unpaired) electrons. The molecule has 1 aliphatic rings. The monoisotopic (exact) mass is 271 g/mol. The van der Waals surface area contributed by atoms with Crippen molar-refractivity contribution < 1.29 is 10.3 Å². The average molecular weight is 271 g/mol. The summed E-state index contributed by atoms with van der Waals surface area (Å²) in [4.78, 5) is 2.48. The van der Waals surface area contributed by atoms with Gasteiger partial charge in [-0.1, -0.05) is 19.0 Å². The van der Waals surface area contributed by atoms with E-state index in [1.54, 1.807) is 0 Å². The SMILES string of the molecule is CC(C)(CCCN1CCCC(CCO)C1)C(N)=NO. The zero-order valence-corrected chi connectivity index (χ0v) is 12.3. The third-order valence-electron chi connectivity index (χ3n) is 4.22. The summed E-state index contributed by atoms with van der Waals surface area (Å²) in [6.07, 6.45) is 5.37. The van der Waals surface area contributed by atoms with Crippen molar-refractivity contribution in [1.82, 2.24) is 4.90 Å². The maximum Gasteiger partial charge on any atom is 0.144 e. The predicted octanol–water partition coefficient (Wildman–Crippen LogP) is 1.63. The van der Waals surface area contributed by atoms with Crippen LogP contribution in [0.1, 0.15) is 46.0 Å². The summed E-state index contributed by atoms with van der Waals surface area (Å²) in [7, 11) is 0. The average Bonchev–Trinajstić information content (AvgIpc) is 2.38. The van der Waals surface area contributed by atoms with Crippen LogP contribution in [-0.2, 0) is 0 Å². The fourth-order valence-electron chi connectivity index (χ4n) is 2.78. The Kier molecular flexibility index (Phi) is 6.58. The van der Waals surface area contributed by atoms with E-state index in [2.05, 4.69) is 10.1 Å². The van der Waals surface area contributed by atoms with Crippen LogP contribution in [0.25, 0.3) is 0 Å². The normalized spacial score (nSPS) is 22.7. The number of amidine groups is 1. The molecule has 1 fully saturated rings. The van der Waals surface area contributed by atoms with Crippen LogP contribution < -0.4 is 5.73 Å². The maximum atomic E-state index is 9.01. The largest absolute Gasteiger partial charge is 0.409 e. The van der Waals surface area contributed by atoms with E-state index in [1.807, 2.05) is 13.8 Å². The van der Waals surface area contributed by atoms with Gasteiger partial charge in [0.05, 0.1) is 0 Å². The van der Waals surface area contributed by atoms with Crippen LogP contribution in [0.5, 0.6) is 0 Å². The summed E-state index contributed by atoms with van der Waals surface area (Å²) in [5.74, 6) is 0.958. The van der Waals surface area contributed by atoms with Crippen LogP contribution in [0.15, 0.2) is 5.16 Å². The van der Waals surface area contributed by atoms with Crippen molar-refractivity contribution in [3.8, 4) is 0 Å². The molecule has 0 aromatic heterocycles. The summed E-state index contributed by atoms with van der Waals surface area (Å²) < 4.78 is 0. The van der Waals surface area contributed by atoms with Gasteiger partial charge in [-0.2, -0.15) is 0 Å². The molecule has 19 heavy (non-hydrogen) atoms. The van der Waals surface area contributed by atoms with Gasteiger partial charge in [-0.05, 0) is 51.1 Å². The first-order valence-corrected chi connectivity index (χ1v) is 7.31. The standard InChI is InChI=1S/C14H29N3O2/c1-14(2,13(15)16-19)7-4-9-17-8-3-5-12(11-17)6-10-18/h12,18-19H,3-11H2,1-2H3,(H2,15,16). The maximum absolute atomic E-state index is 9.01. The Hall–Kier alpha value is -0.810. The van der Waals surface area contributed by atoms with Crippen LogP contribution in [0.2, 0.25) is 0 Å². The third-order valence-corrected chi connectivity index (χ3v) is 4.22. The fraction of sp³-hybridized carbons (Fsp3) is 0.929. The molecule has 0 bridgehead atoms. The van der Waals surface area contributed by atoms with Gasteiger partial charge in [-0.3, -0.25) is 0 Å². The second-order valence-electron chi connectivity index (χ2n) is 6.29. The fourth-order valence-corrected chi connectivity index (χ4v) is 2.78. The molecule has 1 heterocycles. The number of aliphatic hydroxyl groups excluding tert-OH is 1. The lowest BCUT2D eigenvalue weighted by molar-refractivity contribution is 0.144. The number of nitrogens with zero attached hydrogens (tertiary/aromatic N) is 2. The summed E-state index contributed by atoms with van der Waals surface area (Å²) in [5, 5.41) is 20.9. The van der Waals surface area contributed by atoms with E-state index in [4.69, 9.17) is 16.0 Å². The Morgan fingerprint density at radius 1 is 1.47 bits per heavy atom. The smallest absolute Gasteiger partial charge is 0.144 e. The highest BCUT2D eigenvalue weighted by Crippen LogP contribution is 2.24. The Bertz CT molecular complexity index is 290. The van der Waals surface area contributed by atoms with Crippen LogP contribution in [0, 0.1) is 11.3 Å². The Balaban J connectivity index is 2.29. The number of hydrogen-bond donors (Lipinski definition) is 3. The van der Waals surface area contributed by atoms with E-state index < -0.39 is 0 Å². The molecule has 0 saturated carbocycles. The van der Waals surface area contributed by atoms with Crippen molar-refractivity contribution in [2.75, 3.05) is 26.2 Å². The predicted molar refractivity (Wildman–Crippen MR) is 77.3 cm³/mol. The van der Waals surface area contributed by atoms with Gasteiger partial charge in [-0.15, -0.1) is 0 Å². The summed E-state index contributed by atoms with van der Waals surface area (Å²) in [5.41, 5.74) is 5.45. The van der Waals surface area contributed by atoms with Crippen LogP contribution in [0.4, 0.5) is 0 Å². The molecule has 112 valence electrons. The van der Waals surface area contributed by atoms with E-state index in [9.17, 15) is 0 Å². The lowest BCUT2D eigenvalue weighted by Gasteiger charge is -2.33. The van der Waals surface area contributed by atoms with Gasteiger partial charge in [0.25, 0.3) is 0 Å². The molecule has 1 atom stereocenters. The minimum Gasteiger partial charge on any atom is -0.409 e. The molecule has 1 saturated heterocycles. The molecule has 5 heteroatoms. The molecule has 1 unspecified atom stereocenters. The van der Waals surface area contributed by atoms with Crippen molar-refractivity contribution in [2.24, 2.45) is 22.2 Å². The van der Waals surface area contributed by atoms with E-state index >= 15 is 0 Å². The van der Waals surface area contributed by atoms with Crippen molar-refractivity contribution >= 4 is 5.84 Å². The number of likely N-dealkylation sites (tertiary alicyclic amines) is 1. The van der Waals surface area contributed by atoms with Gasteiger partial charge in [0.15, 0.2) is 0 Å². The zero-order chi connectivity index (χ0) is 14.3. The van der Waals surface area contributed by atoms with Crippen LogP contribution >= 0.6 is 0 Å². The number of oxime groups is 1. The van der Waals surface area contributed by atoms with Gasteiger partial charge < -0.3 is 20.9 Å². The van der Waals surface area contributed by atoms with Crippen LogP contribution in [-0.4, -0.2) is 47.3 Å². The number of hydrogen-bond acceptors (Lipinski definition) is 4. The molecular weight excluding hydrogens is 242 g/mol. The molecule has 5 nitrogen and oxygen atoms in total. The summed E-state index contributed by atoms with van der Waals surface area (Å²) in [6.45, 7) is 7.63. The molecule has 0 spiro atoms. The third kappa shape index (κ3) is 5.37. The van der Waals surface area contributed by atoms with Gasteiger partial charge in [0, 0.05) is 18.6 Å². The molecular formula is C14H29N3O2. The molecule has 0 aromatic rings. The Labute approximate surface area is 116 Å². The van der Waals surface area contributed by atoms with Crippen molar-refractivity contribution in [2.45, 2.75) is 46.0 Å². The van der Waals surface area contributed by atoms with Gasteiger partial charge in [0.2, 0.25) is 0 Å². The quantitative estimate of drug-likeness (QED) is 0.284. The van der Waals surface area contributed by atoms with Crippen LogP contribution in [0.3, 0.4) is 0 Å². The van der Waals surface area contributed by atoms with E-state index in [0.717, 1.165) is 38.9 Å². The Morgan fingerprint density at radius 2 is 2.21 bits per heavy atom. The minimum absolute atomic E-state index is 0.241. The summed E-state index contributed by atoms with van der Waals surface area (Å²) in [6, 6.07) is 0. The lowest BCUT2D eigenvalue weighted by atomic mass is 9.86. The second-order valence-corrected chi connectivity index (χ2v) is 6.29. The van der Waals surface area contributed by atoms with E-state index in [1.165, 1.54) is 12.8 Å². The highest BCUT2D eigenvalue weighted by Gasteiger charge is 2.24. The highest BCUT2D eigenvalue weighted by atomic mass is 16.4. The molecule has 0 aromatic carbocycles. The molecule has 0 aliphatic carbocycles. The zero-order valence-electron chi connectivity index (χ0n) is 12.3. The van der Waals surface area contributed by atoms with Crippen molar-refractivity contribution in [3.63, 3.8) is 0 Å². The van der Waals surface area contributed by atoms with Crippen molar-refractivity contribution in [1.29, 1.82) is 0 Å². The van der Waals surface area contributed by atoms with Crippen molar-refractivity contribution in [3.05, 3.63) is 0 Å². The number of rotatable bonds is 7. The molecule has 1 rings (SSSR count). The topological polar surface area (TPSA) is 82.1 Å². The Morgan fingerprint density at radius 3 is 2.84 bits per heavy atom. The van der Waals surface area contributed by atoms with Gasteiger partial charge >= 0.3 is 0 Å². The molecule has 1 aliphatic heterocycles. The first-order valence-electron chi connectivity index (χ1n) is 7.31. The minimum atomic E-state index is -0.241. The number of aliphatic hydroxyl groups is 1.